The van der Waals surface area contributed by atoms with Crippen molar-refractivity contribution in [2.24, 2.45) is 5.10 Å². The average molecular weight is 454 g/mol. The van der Waals surface area contributed by atoms with E-state index in [1.165, 1.54) is 27.5 Å². The fourth-order valence-corrected chi connectivity index (χ4v) is 3.08. The number of carbonyl (C=O) groups excluding carboxylic acids is 1. The maximum atomic E-state index is 12.4. The number of anilines is 1. The molecule has 0 fully saturated rings. The number of hydrogen-bond acceptors (Lipinski definition) is 6. The fourth-order valence-electron chi connectivity index (χ4n) is 2.95. The highest BCUT2D eigenvalue weighted by Crippen LogP contribution is 2.37. The van der Waals surface area contributed by atoms with Crippen molar-refractivity contribution < 1.29 is 19.0 Å². The van der Waals surface area contributed by atoms with Crippen LogP contribution in [0.4, 0.5) is 5.69 Å². The molecule has 3 aromatic carbocycles. The molecule has 2 N–H and O–H groups in total. The van der Waals surface area contributed by atoms with E-state index >= 15 is 0 Å². The van der Waals surface area contributed by atoms with Gasteiger partial charge in [-0.25, -0.2) is 5.43 Å². The van der Waals surface area contributed by atoms with E-state index in [1.807, 2.05) is 36.4 Å². The molecule has 0 saturated heterocycles. The summed E-state index contributed by atoms with van der Waals surface area (Å²) in [5.41, 5.74) is 5.70. The summed E-state index contributed by atoms with van der Waals surface area (Å²) in [6.45, 7) is 0.655. The van der Waals surface area contributed by atoms with E-state index in [9.17, 15) is 4.79 Å². The number of methoxy groups -OCH3 is 3. The zero-order valence-corrected chi connectivity index (χ0v) is 18.8. The second-order valence-corrected chi connectivity index (χ2v) is 7.15. The molecule has 0 aliphatic rings. The van der Waals surface area contributed by atoms with Crippen LogP contribution in [0.25, 0.3) is 0 Å². The second kappa shape index (κ2) is 11.1. The summed E-state index contributed by atoms with van der Waals surface area (Å²) >= 11 is 5.90. The molecule has 0 radical (unpaired) electrons. The van der Waals surface area contributed by atoms with Crippen LogP contribution in [-0.4, -0.2) is 33.5 Å². The van der Waals surface area contributed by atoms with Crippen molar-refractivity contribution in [3.63, 3.8) is 0 Å². The molecule has 32 heavy (non-hydrogen) atoms. The van der Waals surface area contributed by atoms with E-state index in [2.05, 4.69) is 15.8 Å². The summed E-state index contributed by atoms with van der Waals surface area (Å²) in [5, 5.41) is 8.04. The van der Waals surface area contributed by atoms with Crippen molar-refractivity contribution in [3.05, 3.63) is 82.4 Å². The molecule has 0 heterocycles. The lowest BCUT2D eigenvalue weighted by molar-refractivity contribution is 0.0955. The Hall–Kier alpha value is -3.71. The number of nitrogens with zero attached hydrogens (tertiary/aromatic N) is 1. The first kappa shape index (κ1) is 23.0. The quantitative estimate of drug-likeness (QED) is 0.361. The molecule has 3 rings (SSSR count). The van der Waals surface area contributed by atoms with Gasteiger partial charge in [0.05, 0.1) is 27.5 Å². The highest BCUT2D eigenvalue weighted by atomic mass is 35.5. The summed E-state index contributed by atoms with van der Waals surface area (Å²) in [5.74, 6) is 1.17. The van der Waals surface area contributed by atoms with Crippen LogP contribution in [0.1, 0.15) is 21.5 Å². The van der Waals surface area contributed by atoms with Crippen molar-refractivity contribution in [3.8, 4) is 17.2 Å². The van der Waals surface area contributed by atoms with Crippen LogP contribution in [0.15, 0.2) is 65.8 Å². The predicted molar refractivity (Wildman–Crippen MR) is 126 cm³/mol. The van der Waals surface area contributed by atoms with Gasteiger partial charge in [-0.2, -0.15) is 5.10 Å². The van der Waals surface area contributed by atoms with Crippen LogP contribution in [0.5, 0.6) is 17.2 Å². The van der Waals surface area contributed by atoms with Crippen molar-refractivity contribution >= 4 is 29.4 Å². The number of halogens is 1. The Morgan fingerprint density at radius 3 is 2.12 bits per heavy atom. The zero-order chi connectivity index (χ0) is 22.9. The third-order valence-electron chi connectivity index (χ3n) is 4.62. The van der Waals surface area contributed by atoms with Gasteiger partial charge in [-0.05, 0) is 54.1 Å². The molecule has 8 heteroatoms. The number of amides is 1. The van der Waals surface area contributed by atoms with Crippen LogP contribution >= 0.6 is 11.6 Å². The molecule has 0 aliphatic carbocycles. The van der Waals surface area contributed by atoms with E-state index in [0.717, 1.165) is 11.3 Å². The van der Waals surface area contributed by atoms with Crippen LogP contribution in [-0.2, 0) is 6.54 Å². The van der Waals surface area contributed by atoms with Gasteiger partial charge in [-0.1, -0.05) is 23.7 Å². The number of nitrogens with one attached hydrogen (secondary N) is 2. The lowest BCUT2D eigenvalue weighted by atomic mass is 10.2. The minimum absolute atomic E-state index is 0.321. The Bertz CT molecular complexity index is 1060. The Morgan fingerprint density at radius 2 is 1.56 bits per heavy atom. The van der Waals surface area contributed by atoms with Crippen LogP contribution in [0.3, 0.4) is 0 Å². The Kier molecular flexibility index (Phi) is 7.94. The van der Waals surface area contributed by atoms with Gasteiger partial charge < -0.3 is 19.5 Å². The van der Waals surface area contributed by atoms with Crippen LogP contribution in [0.2, 0.25) is 5.02 Å². The minimum atomic E-state index is -0.321. The summed E-state index contributed by atoms with van der Waals surface area (Å²) in [6.07, 6.45) is 1.50. The first-order valence-corrected chi connectivity index (χ1v) is 10.1. The molecule has 3 aromatic rings. The highest BCUT2D eigenvalue weighted by molar-refractivity contribution is 6.30. The number of ether oxygens (including phenoxy) is 3. The molecule has 0 unspecified atom stereocenters. The lowest BCUT2D eigenvalue weighted by Crippen LogP contribution is -2.17. The van der Waals surface area contributed by atoms with Crippen molar-refractivity contribution in [2.45, 2.75) is 6.54 Å². The first-order valence-electron chi connectivity index (χ1n) is 9.76. The third-order valence-corrected chi connectivity index (χ3v) is 4.88. The molecular weight excluding hydrogens is 430 g/mol. The van der Waals surface area contributed by atoms with Crippen LogP contribution in [0, 0.1) is 0 Å². The molecule has 1 amide bonds. The van der Waals surface area contributed by atoms with Gasteiger partial charge in [0, 0.05) is 28.4 Å². The van der Waals surface area contributed by atoms with Gasteiger partial charge in [0.2, 0.25) is 5.75 Å². The number of rotatable bonds is 9. The summed E-state index contributed by atoms with van der Waals surface area (Å²) in [4.78, 5) is 12.4. The van der Waals surface area contributed by atoms with Gasteiger partial charge in [-0.3, -0.25) is 4.79 Å². The Labute approximate surface area is 192 Å². The topological polar surface area (TPSA) is 81.2 Å². The maximum Gasteiger partial charge on any atom is 0.271 e. The smallest absolute Gasteiger partial charge is 0.271 e. The van der Waals surface area contributed by atoms with E-state index < -0.39 is 0 Å². The standard InChI is InChI=1S/C24H24ClN3O4/c1-30-21-12-17(13-22(31-2)23(21)32-3)15-27-28-24(29)18-6-10-20(11-7-18)26-14-16-4-8-19(25)9-5-16/h4-13,15,26H,14H2,1-3H3,(H,28,29)/b27-15-. The summed E-state index contributed by atoms with van der Waals surface area (Å²) in [7, 11) is 4.61. The molecule has 0 atom stereocenters. The van der Waals surface area contributed by atoms with E-state index in [-0.39, 0.29) is 5.91 Å². The normalized spacial score (nSPS) is 10.6. The monoisotopic (exact) mass is 453 g/mol. The third kappa shape index (κ3) is 5.92. The number of hydrogen-bond donors (Lipinski definition) is 2. The van der Waals surface area contributed by atoms with E-state index in [1.54, 1.807) is 24.3 Å². The molecule has 0 spiro atoms. The summed E-state index contributed by atoms with van der Waals surface area (Å²) in [6, 6.07) is 18.2. The average Bonchev–Trinajstić information content (AvgIpc) is 2.83. The van der Waals surface area contributed by atoms with Crippen LogP contribution < -0.4 is 25.0 Å². The number of benzene rings is 3. The predicted octanol–water partition coefficient (Wildman–Crippen LogP) is 4.74. The van der Waals surface area contributed by atoms with Gasteiger partial charge in [-0.15, -0.1) is 0 Å². The number of carbonyl (C=O) groups is 1. The van der Waals surface area contributed by atoms with Gasteiger partial charge in [0.25, 0.3) is 5.91 Å². The molecule has 0 saturated carbocycles. The second-order valence-electron chi connectivity index (χ2n) is 6.72. The van der Waals surface area contributed by atoms with Gasteiger partial charge in [0.15, 0.2) is 11.5 Å². The maximum absolute atomic E-state index is 12.4. The molecule has 0 bridgehead atoms. The van der Waals surface area contributed by atoms with E-state index in [4.69, 9.17) is 25.8 Å². The molecule has 166 valence electrons. The first-order chi connectivity index (χ1) is 15.5. The molecule has 0 aliphatic heterocycles. The summed E-state index contributed by atoms with van der Waals surface area (Å²) < 4.78 is 15.9. The highest BCUT2D eigenvalue weighted by Gasteiger charge is 2.12. The van der Waals surface area contributed by atoms with E-state index in [0.29, 0.717) is 39.9 Å². The van der Waals surface area contributed by atoms with Gasteiger partial charge in [0.1, 0.15) is 0 Å². The minimum Gasteiger partial charge on any atom is -0.493 e. The van der Waals surface area contributed by atoms with Crippen molar-refractivity contribution in [1.29, 1.82) is 0 Å². The molecule has 0 aromatic heterocycles. The largest absolute Gasteiger partial charge is 0.493 e. The number of hydrazone groups is 1. The molecular formula is C24H24ClN3O4. The Balaban J connectivity index is 1.59. The van der Waals surface area contributed by atoms with Crippen molar-refractivity contribution in [2.75, 3.05) is 26.6 Å². The zero-order valence-electron chi connectivity index (χ0n) is 18.0. The Morgan fingerprint density at radius 1 is 0.938 bits per heavy atom. The fraction of sp³-hybridized carbons (Fsp3) is 0.167. The SMILES string of the molecule is COc1cc(/C=N\NC(=O)c2ccc(NCc3ccc(Cl)cc3)cc2)cc(OC)c1OC. The lowest BCUT2D eigenvalue weighted by Gasteiger charge is -2.12. The van der Waals surface area contributed by atoms with Gasteiger partial charge >= 0.3 is 0 Å². The molecule has 7 nitrogen and oxygen atoms in total. The van der Waals surface area contributed by atoms with Crippen molar-refractivity contribution in [1.82, 2.24) is 5.43 Å².